The van der Waals surface area contributed by atoms with E-state index in [9.17, 15) is 8.42 Å². The van der Waals surface area contributed by atoms with Gasteiger partial charge >= 0.3 is 0 Å². The van der Waals surface area contributed by atoms with E-state index in [1.165, 1.54) is 0 Å². The van der Waals surface area contributed by atoms with Crippen LogP contribution in [0.3, 0.4) is 0 Å². The zero-order valence-corrected chi connectivity index (χ0v) is 19.5. The van der Waals surface area contributed by atoms with Crippen molar-refractivity contribution in [2.24, 2.45) is 0 Å². The Balaban J connectivity index is 1.18. The third-order valence-electron chi connectivity index (χ3n) is 6.84. The largest absolute Gasteiger partial charge is 0.355 e. The number of hydrogen-bond donors (Lipinski definition) is 0. The fourth-order valence-electron chi connectivity index (χ4n) is 4.92. The Morgan fingerprint density at radius 1 is 0.794 bits per heavy atom. The van der Waals surface area contributed by atoms with Gasteiger partial charge in [-0.15, -0.1) is 0 Å². The van der Waals surface area contributed by atoms with Crippen molar-refractivity contribution >= 4 is 32.4 Å². The second-order valence-electron chi connectivity index (χ2n) is 8.94. The molecule has 1 atom stereocenters. The van der Waals surface area contributed by atoms with Gasteiger partial charge in [0.15, 0.2) is 15.7 Å². The summed E-state index contributed by atoms with van der Waals surface area (Å²) in [4.78, 5) is 18.8. The first kappa shape index (κ1) is 21.0. The summed E-state index contributed by atoms with van der Waals surface area (Å²) in [6, 6.07) is 21.0. The van der Waals surface area contributed by atoms with Crippen LogP contribution in [0, 0.1) is 0 Å². The summed E-state index contributed by atoms with van der Waals surface area (Å²) in [5.74, 6) is 2.02. The average molecular weight is 472 g/mol. The van der Waals surface area contributed by atoms with Crippen LogP contribution in [-0.2, 0) is 9.84 Å². The van der Waals surface area contributed by atoms with Crippen molar-refractivity contribution in [2.75, 3.05) is 36.0 Å². The first-order valence-electron chi connectivity index (χ1n) is 11.5. The highest BCUT2D eigenvalue weighted by atomic mass is 32.2. The average Bonchev–Trinajstić information content (AvgIpc) is 3.35. The second kappa shape index (κ2) is 8.36. The Morgan fingerprint density at radius 3 is 2.41 bits per heavy atom. The third-order valence-corrected chi connectivity index (χ3v) is 9.03. The molecule has 0 unspecified atom stereocenters. The van der Waals surface area contributed by atoms with E-state index in [2.05, 4.69) is 38.0 Å². The van der Waals surface area contributed by atoms with Gasteiger partial charge < -0.3 is 9.80 Å². The molecule has 2 aromatic carbocycles. The zero-order chi connectivity index (χ0) is 23.1. The van der Waals surface area contributed by atoms with E-state index < -0.39 is 15.1 Å². The maximum atomic E-state index is 13.1. The van der Waals surface area contributed by atoms with Crippen LogP contribution in [0.25, 0.3) is 10.9 Å². The lowest BCUT2D eigenvalue weighted by molar-refractivity contribution is 0.507. The number of pyridine rings is 1. The minimum atomic E-state index is -3.37. The highest BCUT2D eigenvalue weighted by Gasteiger charge is 2.38. The maximum absolute atomic E-state index is 13.1. The van der Waals surface area contributed by atoms with Crippen LogP contribution in [0.2, 0.25) is 0 Å². The molecule has 0 saturated carbocycles. The zero-order valence-electron chi connectivity index (χ0n) is 18.7. The third kappa shape index (κ3) is 3.68. The van der Waals surface area contributed by atoms with Gasteiger partial charge in [-0.05, 0) is 36.8 Å². The second-order valence-corrected chi connectivity index (χ2v) is 11.2. The Bertz CT molecular complexity index is 1440. The molecule has 6 rings (SSSR count). The minimum absolute atomic E-state index is 0.238. The number of anilines is 2. The molecule has 2 saturated heterocycles. The van der Waals surface area contributed by atoms with Crippen molar-refractivity contribution < 1.29 is 8.42 Å². The van der Waals surface area contributed by atoms with E-state index >= 15 is 0 Å². The number of nitrogens with zero attached hydrogens (tertiary/aromatic N) is 5. The molecule has 0 bridgehead atoms. The predicted octanol–water partition coefficient (Wildman–Crippen LogP) is 3.68. The molecular weight excluding hydrogens is 446 g/mol. The van der Waals surface area contributed by atoms with Gasteiger partial charge in [0.2, 0.25) is 0 Å². The fourth-order valence-corrected chi connectivity index (χ4v) is 6.63. The summed E-state index contributed by atoms with van der Waals surface area (Å²) >= 11 is 0. The Kier molecular flexibility index (Phi) is 5.17. The van der Waals surface area contributed by atoms with Crippen LogP contribution in [0.15, 0.2) is 84.0 Å². The van der Waals surface area contributed by atoms with E-state index in [4.69, 9.17) is 4.98 Å². The molecule has 2 fully saturated rings. The topological polar surface area (TPSA) is 79.3 Å². The van der Waals surface area contributed by atoms with E-state index in [0.717, 1.165) is 41.3 Å². The number of benzene rings is 2. The van der Waals surface area contributed by atoms with E-state index in [1.807, 2.05) is 24.3 Å². The molecule has 4 aromatic rings. The van der Waals surface area contributed by atoms with E-state index in [-0.39, 0.29) is 5.92 Å². The Hall–Kier alpha value is -3.52. The van der Waals surface area contributed by atoms with Gasteiger partial charge in [-0.25, -0.2) is 18.4 Å². The first-order chi connectivity index (χ1) is 16.6. The molecule has 172 valence electrons. The molecule has 0 N–H and O–H groups in total. The predicted molar refractivity (Wildman–Crippen MR) is 133 cm³/mol. The quantitative estimate of drug-likeness (QED) is 0.439. The molecule has 0 spiro atoms. The SMILES string of the molecule is O=S(=O)(c1ccccc1)[C@@H]1CCN(c2nccnc2C2CN(c3ccc4ccccc4n3)C2)C1. The summed E-state index contributed by atoms with van der Waals surface area (Å²) in [6.07, 6.45) is 4.01. The monoisotopic (exact) mass is 471 g/mol. The van der Waals surface area contributed by atoms with Gasteiger partial charge in [-0.3, -0.25) is 4.98 Å². The molecule has 7 nitrogen and oxygen atoms in total. The normalized spacial score (nSPS) is 18.9. The molecule has 8 heteroatoms. The van der Waals surface area contributed by atoms with E-state index in [0.29, 0.717) is 24.4 Å². The lowest BCUT2D eigenvalue weighted by Gasteiger charge is -2.40. The fraction of sp³-hybridized carbons (Fsp3) is 0.269. The molecule has 2 aromatic heterocycles. The van der Waals surface area contributed by atoms with Crippen LogP contribution in [0.5, 0.6) is 0 Å². The smallest absolute Gasteiger partial charge is 0.183 e. The molecule has 2 aliphatic heterocycles. The molecular formula is C26H25N5O2S. The van der Waals surface area contributed by atoms with Crippen LogP contribution >= 0.6 is 0 Å². The van der Waals surface area contributed by atoms with Crippen LogP contribution in [-0.4, -0.2) is 54.8 Å². The van der Waals surface area contributed by atoms with Gasteiger partial charge in [-0.1, -0.05) is 36.4 Å². The maximum Gasteiger partial charge on any atom is 0.183 e. The number of hydrogen-bond acceptors (Lipinski definition) is 7. The van der Waals surface area contributed by atoms with Gasteiger partial charge in [-0.2, -0.15) is 0 Å². The molecule has 0 radical (unpaired) electrons. The van der Waals surface area contributed by atoms with Gasteiger partial charge in [0.05, 0.1) is 21.4 Å². The number of rotatable bonds is 5. The molecule has 4 heterocycles. The molecule has 34 heavy (non-hydrogen) atoms. The van der Waals surface area contributed by atoms with E-state index in [1.54, 1.807) is 36.7 Å². The summed E-state index contributed by atoms with van der Waals surface area (Å²) in [7, 11) is -3.37. The summed E-state index contributed by atoms with van der Waals surface area (Å²) < 4.78 is 26.2. The molecule has 0 aliphatic carbocycles. The summed E-state index contributed by atoms with van der Waals surface area (Å²) in [5.41, 5.74) is 1.93. The Morgan fingerprint density at radius 2 is 1.56 bits per heavy atom. The lowest BCUT2D eigenvalue weighted by atomic mass is 9.95. The number of sulfone groups is 1. The van der Waals surface area contributed by atoms with Gasteiger partial charge in [0, 0.05) is 49.9 Å². The lowest BCUT2D eigenvalue weighted by Crippen LogP contribution is -2.46. The van der Waals surface area contributed by atoms with Crippen LogP contribution in [0.1, 0.15) is 18.0 Å². The highest BCUT2D eigenvalue weighted by molar-refractivity contribution is 7.92. The van der Waals surface area contributed by atoms with Crippen molar-refractivity contribution in [3.05, 3.63) is 84.8 Å². The number of para-hydroxylation sites is 1. The molecule has 2 aliphatic rings. The van der Waals surface area contributed by atoms with Crippen molar-refractivity contribution in [1.29, 1.82) is 0 Å². The number of fused-ring (bicyclic) bond motifs is 1. The van der Waals surface area contributed by atoms with Crippen molar-refractivity contribution in [1.82, 2.24) is 15.0 Å². The highest BCUT2D eigenvalue weighted by Crippen LogP contribution is 2.36. The number of aromatic nitrogens is 3. The standard InChI is InChI=1S/C26H25N5O2S/c32-34(33,21-7-2-1-3-8-21)22-12-15-30(18-22)26-25(27-13-14-28-26)20-16-31(17-20)24-11-10-19-6-4-5-9-23(19)29-24/h1-11,13-14,20,22H,12,15-18H2/t22-/m1/s1. The van der Waals surface area contributed by atoms with Crippen LogP contribution < -0.4 is 9.80 Å². The summed E-state index contributed by atoms with van der Waals surface area (Å²) in [5, 5.41) is 0.693. The van der Waals surface area contributed by atoms with Gasteiger partial charge in [0.1, 0.15) is 5.82 Å². The first-order valence-corrected chi connectivity index (χ1v) is 13.1. The van der Waals surface area contributed by atoms with Crippen LogP contribution in [0.4, 0.5) is 11.6 Å². The van der Waals surface area contributed by atoms with Crippen molar-refractivity contribution in [3.63, 3.8) is 0 Å². The van der Waals surface area contributed by atoms with Gasteiger partial charge in [0.25, 0.3) is 0 Å². The Labute approximate surface area is 199 Å². The minimum Gasteiger partial charge on any atom is -0.355 e. The summed E-state index contributed by atoms with van der Waals surface area (Å²) in [6.45, 7) is 2.73. The molecule has 0 amide bonds. The van der Waals surface area contributed by atoms with Crippen molar-refractivity contribution in [2.45, 2.75) is 22.5 Å². The van der Waals surface area contributed by atoms with Crippen molar-refractivity contribution in [3.8, 4) is 0 Å².